The predicted octanol–water partition coefficient (Wildman–Crippen LogP) is 7.55. The Bertz CT molecular complexity index is 1100. The van der Waals surface area contributed by atoms with Crippen LogP contribution in [0.4, 0.5) is 24.5 Å². The van der Waals surface area contributed by atoms with Crippen LogP contribution in [-0.2, 0) is 0 Å². The number of hydrogen-bond donors (Lipinski definition) is 1. The maximum Gasteiger partial charge on any atom is 0.573 e. The Labute approximate surface area is 167 Å². The highest BCUT2D eigenvalue weighted by molar-refractivity contribution is 6.00. The molecule has 5 heteroatoms. The molecule has 3 aromatic carbocycles. The van der Waals surface area contributed by atoms with Gasteiger partial charge in [0.15, 0.2) is 0 Å². The molecule has 29 heavy (non-hydrogen) atoms. The van der Waals surface area contributed by atoms with Crippen LogP contribution in [0.5, 0.6) is 5.75 Å². The van der Waals surface area contributed by atoms with Crippen LogP contribution < -0.4 is 10.1 Å². The van der Waals surface area contributed by atoms with Gasteiger partial charge >= 0.3 is 6.36 Å². The lowest BCUT2D eigenvalue weighted by Gasteiger charge is -2.16. The number of ether oxygens (including phenoxy) is 1. The fourth-order valence-corrected chi connectivity index (χ4v) is 3.14. The van der Waals surface area contributed by atoms with Crippen LogP contribution in [-0.4, -0.2) is 6.36 Å². The van der Waals surface area contributed by atoms with Gasteiger partial charge < -0.3 is 10.1 Å². The molecule has 0 aromatic heterocycles. The van der Waals surface area contributed by atoms with Gasteiger partial charge in [-0.2, -0.15) is 0 Å². The molecule has 3 aromatic rings. The summed E-state index contributed by atoms with van der Waals surface area (Å²) in [6.07, 6.45) is 0.539. The van der Waals surface area contributed by atoms with Crippen molar-refractivity contribution in [3.8, 4) is 5.75 Å². The number of nitrogens with one attached hydrogen (secondary N) is 1. The van der Waals surface area contributed by atoms with Crippen molar-refractivity contribution in [2.24, 2.45) is 0 Å². The number of rotatable bonds is 6. The molecule has 0 unspecified atom stereocenters. The zero-order valence-electron chi connectivity index (χ0n) is 15.9. The molecule has 2 nitrogen and oxygen atoms in total. The Kier molecular flexibility index (Phi) is 5.78. The SMILES string of the molecule is C=C/C=C(\C=C)c1cc(Nc2cccc(OC(F)(F)F)c2)c2cccc(C)c2c1. The number of hydrogen-bond acceptors (Lipinski definition) is 2. The van der Waals surface area contributed by atoms with Crippen LogP contribution >= 0.6 is 0 Å². The third-order valence-corrected chi connectivity index (χ3v) is 4.41. The molecule has 0 fully saturated rings. The first kappa shape index (κ1) is 20.3. The zero-order chi connectivity index (χ0) is 21.0. The van der Waals surface area contributed by atoms with Gasteiger partial charge in [0.05, 0.1) is 0 Å². The minimum Gasteiger partial charge on any atom is -0.406 e. The van der Waals surface area contributed by atoms with Gasteiger partial charge in [-0.05, 0) is 53.3 Å². The van der Waals surface area contributed by atoms with Gasteiger partial charge in [0, 0.05) is 22.8 Å². The van der Waals surface area contributed by atoms with Gasteiger partial charge in [-0.3, -0.25) is 0 Å². The summed E-state index contributed by atoms with van der Waals surface area (Å²) >= 11 is 0. The molecule has 0 aliphatic heterocycles. The minimum atomic E-state index is -4.74. The first-order chi connectivity index (χ1) is 13.8. The van der Waals surface area contributed by atoms with Gasteiger partial charge in [0.25, 0.3) is 0 Å². The Hall–Kier alpha value is -3.47. The smallest absolute Gasteiger partial charge is 0.406 e. The Morgan fingerprint density at radius 2 is 1.76 bits per heavy atom. The number of allylic oxidation sites excluding steroid dienone is 4. The molecule has 0 atom stereocenters. The average molecular weight is 395 g/mol. The lowest BCUT2D eigenvalue weighted by Crippen LogP contribution is -2.17. The molecule has 0 bridgehead atoms. The lowest BCUT2D eigenvalue weighted by atomic mass is 9.96. The first-order valence-electron chi connectivity index (χ1n) is 8.92. The molecule has 0 amide bonds. The third-order valence-electron chi connectivity index (χ3n) is 4.41. The highest BCUT2D eigenvalue weighted by atomic mass is 19.4. The van der Waals surface area contributed by atoms with Crippen LogP contribution in [0.1, 0.15) is 11.1 Å². The molecule has 1 N–H and O–H groups in total. The van der Waals surface area contributed by atoms with E-state index in [0.29, 0.717) is 5.69 Å². The van der Waals surface area contributed by atoms with Crippen molar-refractivity contribution < 1.29 is 17.9 Å². The summed E-state index contributed by atoms with van der Waals surface area (Å²) < 4.78 is 41.6. The molecule has 0 spiro atoms. The molecular weight excluding hydrogens is 375 g/mol. The standard InChI is InChI=1S/C24H20F3NO/c1-4-8-17(5-2)18-13-22-16(3)9-6-12-21(22)23(14-18)28-19-10-7-11-20(15-19)29-24(25,26)27/h4-15,28H,1-2H2,3H3/b17-8+. The number of alkyl halides is 3. The van der Waals surface area contributed by atoms with Gasteiger partial charge in [0.2, 0.25) is 0 Å². The average Bonchev–Trinajstić information content (AvgIpc) is 2.65. The predicted molar refractivity (Wildman–Crippen MR) is 113 cm³/mol. The summed E-state index contributed by atoms with van der Waals surface area (Å²) in [5.74, 6) is -0.280. The lowest BCUT2D eigenvalue weighted by molar-refractivity contribution is -0.274. The van der Waals surface area contributed by atoms with E-state index in [1.54, 1.807) is 18.2 Å². The minimum absolute atomic E-state index is 0.280. The molecule has 0 radical (unpaired) electrons. The molecule has 3 rings (SSSR count). The second-order valence-corrected chi connectivity index (χ2v) is 6.46. The monoisotopic (exact) mass is 395 g/mol. The fourth-order valence-electron chi connectivity index (χ4n) is 3.14. The van der Waals surface area contributed by atoms with Crippen molar-refractivity contribution >= 4 is 27.7 Å². The maximum absolute atomic E-state index is 12.5. The van der Waals surface area contributed by atoms with E-state index in [9.17, 15) is 13.2 Å². The summed E-state index contributed by atoms with van der Waals surface area (Å²) in [5.41, 5.74) is 4.15. The highest BCUT2D eigenvalue weighted by Gasteiger charge is 2.31. The number of benzene rings is 3. The quantitative estimate of drug-likeness (QED) is 0.435. The van der Waals surface area contributed by atoms with Gasteiger partial charge in [-0.15, -0.1) is 13.2 Å². The summed E-state index contributed by atoms with van der Waals surface area (Å²) in [7, 11) is 0. The van der Waals surface area contributed by atoms with Crippen molar-refractivity contribution in [3.05, 3.63) is 97.1 Å². The topological polar surface area (TPSA) is 21.3 Å². The molecule has 0 heterocycles. The second-order valence-electron chi connectivity index (χ2n) is 6.46. The van der Waals surface area contributed by atoms with Gasteiger partial charge in [0.1, 0.15) is 5.75 Å². The van der Waals surface area contributed by atoms with Crippen molar-refractivity contribution in [1.82, 2.24) is 0 Å². The first-order valence-corrected chi connectivity index (χ1v) is 8.92. The van der Waals surface area contributed by atoms with Gasteiger partial charge in [-0.25, -0.2) is 0 Å². The van der Waals surface area contributed by atoms with E-state index < -0.39 is 6.36 Å². The molecular formula is C24H20F3NO. The van der Waals surface area contributed by atoms with Gasteiger partial charge in [-0.1, -0.05) is 55.7 Å². The number of aryl methyl sites for hydroxylation is 1. The Morgan fingerprint density at radius 1 is 1.00 bits per heavy atom. The van der Waals surface area contributed by atoms with Crippen molar-refractivity contribution in [2.75, 3.05) is 5.32 Å². The third kappa shape index (κ3) is 4.88. The number of halogens is 3. The van der Waals surface area contributed by atoms with E-state index in [1.807, 2.05) is 37.3 Å². The van der Waals surface area contributed by atoms with Crippen LogP contribution in [0.3, 0.4) is 0 Å². The van der Waals surface area contributed by atoms with E-state index in [-0.39, 0.29) is 5.75 Å². The van der Waals surface area contributed by atoms with E-state index >= 15 is 0 Å². The molecule has 0 aliphatic rings. The van der Waals surface area contributed by atoms with Crippen LogP contribution in [0.25, 0.3) is 16.3 Å². The molecule has 0 aliphatic carbocycles. The van der Waals surface area contributed by atoms with Crippen LogP contribution in [0, 0.1) is 6.92 Å². The summed E-state index contributed by atoms with van der Waals surface area (Å²) in [5, 5.41) is 5.22. The largest absolute Gasteiger partial charge is 0.573 e. The normalized spacial score (nSPS) is 11.9. The maximum atomic E-state index is 12.5. The van der Waals surface area contributed by atoms with E-state index in [0.717, 1.165) is 33.2 Å². The summed E-state index contributed by atoms with van der Waals surface area (Å²) in [4.78, 5) is 0. The van der Waals surface area contributed by atoms with Crippen LogP contribution in [0.15, 0.2) is 86.0 Å². The van der Waals surface area contributed by atoms with E-state index in [4.69, 9.17) is 0 Å². The van der Waals surface area contributed by atoms with Crippen molar-refractivity contribution in [1.29, 1.82) is 0 Å². The van der Waals surface area contributed by atoms with Crippen LogP contribution in [0.2, 0.25) is 0 Å². The number of anilines is 2. The molecule has 0 saturated carbocycles. The second kappa shape index (κ2) is 8.27. The van der Waals surface area contributed by atoms with Crippen molar-refractivity contribution in [2.45, 2.75) is 13.3 Å². The molecule has 148 valence electrons. The summed E-state index contributed by atoms with van der Waals surface area (Å²) in [6, 6.07) is 15.7. The zero-order valence-corrected chi connectivity index (χ0v) is 15.9. The van der Waals surface area contributed by atoms with E-state index in [1.165, 1.54) is 18.2 Å². The van der Waals surface area contributed by atoms with Crippen molar-refractivity contribution in [3.63, 3.8) is 0 Å². The Morgan fingerprint density at radius 3 is 2.45 bits per heavy atom. The Balaban J connectivity index is 2.10. The molecule has 0 saturated heterocycles. The van der Waals surface area contributed by atoms with E-state index in [2.05, 4.69) is 29.3 Å². The number of fused-ring (bicyclic) bond motifs is 1. The highest BCUT2D eigenvalue weighted by Crippen LogP contribution is 2.34. The fraction of sp³-hybridized carbons (Fsp3) is 0.0833. The summed E-state index contributed by atoms with van der Waals surface area (Å²) in [6.45, 7) is 9.61.